The van der Waals surface area contributed by atoms with Crippen LogP contribution in [-0.4, -0.2) is 6.04 Å². The van der Waals surface area contributed by atoms with Gasteiger partial charge in [0.1, 0.15) is 5.82 Å². The van der Waals surface area contributed by atoms with Gasteiger partial charge < -0.3 is 5.73 Å². The first-order valence-electron chi connectivity index (χ1n) is 6.63. The van der Waals surface area contributed by atoms with Gasteiger partial charge in [-0.1, -0.05) is 31.0 Å². The molecular weight excluding hydrogens is 213 g/mol. The molecule has 1 nitrogen and oxygen atoms in total. The normalized spacial score (nSPS) is 29.3. The molecule has 0 heterocycles. The van der Waals surface area contributed by atoms with Crippen molar-refractivity contribution in [3.8, 4) is 0 Å². The van der Waals surface area contributed by atoms with E-state index in [1.54, 1.807) is 6.07 Å². The number of hydrogen-bond donors (Lipinski definition) is 1. The highest BCUT2D eigenvalue weighted by molar-refractivity contribution is 5.29. The first-order chi connectivity index (χ1) is 8.11. The summed E-state index contributed by atoms with van der Waals surface area (Å²) >= 11 is 0. The Labute approximate surface area is 103 Å². The molecule has 0 spiro atoms. The third kappa shape index (κ3) is 2.68. The van der Waals surface area contributed by atoms with Gasteiger partial charge in [-0.2, -0.15) is 0 Å². The summed E-state index contributed by atoms with van der Waals surface area (Å²) in [4.78, 5) is 0. The Balaban J connectivity index is 2.27. The first kappa shape index (κ1) is 12.6. The highest BCUT2D eigenvalue weighted by atomic mass is 19.1. The van der Waals surface area contributed by atoms with Crippen LogP contribution in [0.2, 0.25) is 0 Å². The molecule has 1 aliphatic rings. The van der Waals surface area contributed by atoms with Crippen LogP contribution < -0.4 is 5.73 Å². The number of nitrogens with two attached hydrogens (primary N) is 1. The maximum atomic E-state index is 13.9. The number of hydrogen-bond acceptors (Lipinski definition) is 1. The van der Waals surface area contributed by atoms with E-state index in [-0.39, 0.29) is 17.8 Å². The molecule has 2 N–H and O–H groups in total. The molecule has 0 aliphatic heterocycles. The molecule has 1 aliphatic carbocycles. The molecule has 2 heteroatoms. The predicted molar refractivity (Wildman–Crippen MR) is 69.5 cm³/mol. The minimum Gasteiger partial charge on any atom is -0.327 e. The molecule has 0 aromatic heterocycles. The molecule has 0 radical (unpaired) electrons. The molecule has 0 bridgehead atoms. The molecule has 0 amide bonds. The molecule has 0 saturated heterocycles. The van der Waals surface area contributed by atoms with Crippen molar-refractivity contribution in [3.05, 3.63) is 35.1 Å². The van der Waals surface area contributed by atoms with Crippen molar-refractivity contribution < 1.29 is 4.39 Å². The highest BCUT2D eigenvalue weighted by Crippen LogP contribution is 2.38. The number of rotatable bonds is 2. The fraction of sp³-hybridized carbons (Fsp3) is 0.600. The van der Waals surface area contributed by atoms with E-state index in [4.69, 9.17) is 5.73 Å². The number of aryl methyl sites for hydroxylation is 1. The van der Waals surface area contributed by atoms with E-state index in [9.17, 15) is 4.39 Å². The Morgan fingerprint density at radius 2 is 2.12 bits per heavy atom. The van der Waals surface area contributed by atoms with E-state index in [0.717, 1.165) is 24.0 Å². The smallest absolute Gasteiger partial charge is 0.126 e. The molecular formula is C15H22FN. The Kier molecular flexibility index (Phi) is 3.82. The fourth-order valence-electron chi connectivity index (χ4n) is 2.96. The maximum absolute atomic E-state index is 13.9. The fourth-order valence-corrected chi connectivity index (χ4v) is 2.96. The molecule has 94 valence electrons. The van der Waals surface area contributed by atoms with Crippen LogP contribution in [0.1, 0.15) is 49.7 Å². The zero-order valence-electron chi connectivity index (χ0n) is 10.7. The lowest BCUT2D eigenvalue weighted by Crippen LogP contribution is -2.35. The SMILES string of the molecule is CCC1CCC(N)C(c2cc(C)ccc2F)C1. The molecule has 1 fully saturated rings. The van der Waals surface area contributed by atoms with Crippen molar-refractivity contribution in [1.82, 2.24) is 0 Å². The summed E-state index contributed by atoms with van der Waals surface area (Å²) in [5, 5.41) is 0. The summed E-state index contributed by atoms with van der Waals surface area (Å²) in [6, 6.07) is 5.49. The monoisotopic (exact) mass is 235 g/mol. The van der Waals surface area contributed by atoms with E-state index < -0.39 is 0 Å². The van der Waals surface area contributed by atoms with E-state index in [1.165, 1.54) is 12.8 Å². The van der Waals surface area contributed by atoms with Crippen molar-refractivity contribution in [2.45, 2.75) is 51.5 Å². The van der Waals surface area contributed by atoms with Crippen LogP contribution in [0.3, 0.4) is 0 Å². The summed E-state index contributed by atoms with van der Waals surface area (Å²) in [7, 11) is 0. The van der Waals surface area contributed by atoms with Crippen molar-refractivity contribution in [3.63, 3.8) is 0 Å². The molecule has 3 atom stereocenters. The second kappa shape index (κ2) is 5.18. The van der Waals surface area contributed by atoms with Crippen molar-refractivity contribution in [1.29, 1.82) is 0 Å². The lowest BCUT2D eigenvalue weighted by atomic mass is 9.74. The summed E-state index contributed by atoms with van der Waals surface area (Å²) < 4.78 is 13.9. The van der Waals surface area contributed by atoms with Gasteiger partial charge in [0.15, 0.2) is 0 Å². The van der Waals surface area contributed by atoms with Crippen molar-refractivity contribution in [2.75, 3.05) is 0 Å². The van der Waals surface area contributed by atoms with Crippen LogP contribution in [0.5, 0.6) is 0 Å². The topological polar surface area (TPSA) is 26.0 Å². The largest absolute Gasteiger partial charge is 0.327 e. The van der Waals surface area contributed by atoms with Crippen molar-refractivity contribution >= 4 is 0 Å². The number of halogens is 1. The van der Waals surface area contributed by atoms with Crippen LogP contribution in [0.15, 0.2) is 18.2 Å². The van der Waals surface area contributed by atoms with Gasteiger partial charge in [0, 0.05) is 12.0 Å². The zero-order chi connectivity index (χ0) is 12.4. The van der Waals surface area contributed by atoms with Crippen LogP contribution in [-0.2, 0) is 0 Å². The quantitative estimate of drug-likeness (QED) is 0.830. The Hall–Kier alpha value is -0.890. The first-order valence-corrected chi connectivity index (χ1v) is 6.63. The summed E-state index contributed by atoms with van der Waals surface area (Å²) in [6.45, 7) is 4.22. The molecule has 1 aromatic rings. The van der Waals surface area contributed by atoms with Gasteiger partial charge in [-0.3, -0.25) is 0 Å². The lowest BCUT2D eigenvalue weighted by molar-refractivity contribution is 0.278. The minimum atomic E-state index is -0.0900. The Bertz CT molecular complexity index is 389. The highest BCUT2D eigenvalue weighted by Gasteiger charge is 2.30. The molecule has 3 unspecified atom stereocenters. The van der Waals surface area contributed by atoms with Gasteiger partial charge >= 0.3 is 0 Å². The van der Waals surface area contributed by atoms with Crippen LogP contribution in [0.25, 0.3) is 0 Å². The van der Waals surface area contributed by atoms with Crippen LogP contribution in [0.4, 0.5) is 4.39 Å². The van der Waals surface area contributed by atoms with Crippen LogP contribution >= 0.6 is 0 Å². The Morgan fingerprint density at radius 1 is 1.35 bits per heavy atom. The van der Waals surface area contributed by atoms with Gasteiger partial charge in [0.05, 0.1) is 0 Å². The van der Waals surface area contributed by atoms with E-state index >= 15 is 0 Å². The Morgan fingerprint density at radius 3 is 2.82 bits per heavy atom. The summed E-state index contributed by atoms with van der Waals surface area (Å²) in [5.41, 5.74) is 8.13. The second-order valence-corrected chi connectivity index (χ2v) is 5.38. The van der Waals surface area contributed by atoms with Gasteiger partial charge in [-0.05, 0) is 43.7 Å². The van der Waals surface area contributed by atoms with Gasteiger partial charge in [0.2, 0.25) is 0 Å². The van der Waals surface area contributed by atoms with E-state index in [1.807, 2.05) is 19.1 Å². The average molecular weight is 235 g/mol. The third-order valence-corrected chi connectivity index (χ3v) is 4.14. The predicted octanol–water partition coefficient (Wildman–Crippen LogP) is 3.76. The minimum absolute atomic E-state index is 0.0900. The maximum Gasteiger partial charge on any atom is 0.126 e. The van der Waals surface area contributed by atoms with Crippen LogP contribution in [0, 0.1) is 18.7 Å². The van der Waals surface area contributed by atoms with E-state index in [2.05, 4.69) is 6.92 Å². The summed E-state index contributed by atoms with van der Waals surface area (Å²) in [5.74, 6) is 0.820. The third-order valence-electron chi connectivity index (χ3n) is 4.14. The molecule has 1 saturated carbocycles. The van der Waals surface area contributed by atoms with Gasteiger partial charge in [0.25, 0.3) is 0 Å². The van der Waals surface area contributed by atoms with Gasteiger partial charge in [-0.25, -0.2) is 4.39 Å². The standard InChI is InChI=1S/C15H22FN/c1-3-11-5-7-15(17)13(9-11)12-8-10(2)4-6-14(12)16/h4,6,8,11,13,15H,3,5,7,9,17H2,1-2H3. The zero-order valence-corrected chi connectivity index (χ0v) is 10.7. The van der Waals surface area contributed by atoms with Crippen molar-refractivity contribution in [2.24, 2.45) is 11.7 Å². The molecule has 17 heavy (non-hydrogen) atoms. The average Bonchev–Trinajstić information content (AvgIpc) is 2.33. The van der Waals surface area contributed by atoms with Gasteiger partial charge in [-0.15, -0.1) is 0 Å². The molecule has 1 aromatic carbocycles. The summed E-state index contributed by atoms with van der Waals surface area (Å²) in [6.07, 6.45) is 4.44. The number of benzene rings is 1. The lowest BCUT2D eigenvalue weighted by Gasteiger charge is -2.34. The second-order valence-electron chi connectivity index (χ2n) is 5.38. The van der Waals surface area contributed by atoms with E-state index in [0.29, 0.717) is 5.92 Å². The molecule has 2 rings (SSSR count).